The second-order valence-electron chi connectivity index (χ2n) is 66.5. The normalized spacial score (nSPS) is 48.1. The van der Waals surface area contributed by atoms with E-state index in [0.29, 0.717) is 0 Å². The first kappa shape index (κ1) is 115. The highest BCUT2D eigenvalue weighted by molar-refractivity contribution is 5.09. The molecule has 31 rings (SSSR count). The van der Waals surface area contributed by atoms with E-state index in [9.17, 15) is 0 Å². The molecular weight excluding hydrogens is 1780 g/mol. The molecule has 0 amide bonds. The smallest absolute Gasteiger partial charge is 0.0238 e. The van der Waals surface area contributed by atoms with Gasteiger partial charge in [0.2, 0.25) is 0 Å². The summed E-state index contributed by atoms with van der Waals surface area (Å²) in [4.78, 5) is 0. The van der Waals surface area contributed by atoms with Gasteiger partial charge in [-0.3, -0.25) is 0 Å². The predicted octanol–water partition coefficient (Wildman–Crippen LogP) is 46.7. The fourth-order valence-corrected chi connectivity index (χ4v) is 49.4. The third-order valence-corrected chi connectivity index (χ3v) is 56.8. The lowest BCUT2D eigenvalue weighted by Gasteiger charge is -2.61. The first-order valence-corrected chi connectivity index (χ1v) is 72.0. The second-order valence-corrected chi connectivity index (χ2v) is 66.5. The summed E-state index contributed by atoms with van der Waals surface area (Å²) in [5.74, 6) is 42.5. The Labute approximate surface area is 924 Å². The van der Waals surface area contributed by atoms with Gasteiger partial charge < -0.3 is 0 Å². The van der Waals surface area contributed by atoms with Crippen LogP contribution in [0.1, 0.15) is 674 Å². The highest BCUT2D eigenvalue weighted by atomic mass is 14.6. The summed E-state index contributed by atoms with van der Waals surface area (Å²) in [5, 5.41) is 0. The highest BCUT2D eigenvalue weighted by Crippen LogP contribution is 2.69. The van der Waals surface area contributed by atoms with Crippen molar-refractivity contribution in [3.8, 4) is 0 Å². The van der Waals surface area contributed by atoms with Gasteiger partial charge in [0.05, 0.1) is 0 Å². The molecule has 0 radical (unpaired) electrons. The van der Waals surface area contributed by atoms with Crippen LogP contribution in [0.15, 0.2) is 0 Å². The van der Waals surface area contributed by atoms with Crippen molar-refractivity contribution in [1.82, 2.24) is 0 Å². The van der Waals surface area contributed by atoms with Crippen LogP contribution in [0.3, 0.4) is 0 Å². The minimum atomic E-state index is 0.821. The molecule has 0 aromatic rings. The molecule has 31 fully saturated rings. The Kier molecular flexibility index (Phi) is 41.5. The van der Waals surface area contributed by atoms with Gasteiger partial charge in [-0.15, -0.1) is 0 Å². The summed E-state index contributed by atoms with van der Waals surface area (Å²) < 4.78 is 0. The standard InChI is InChI=1S/3C15H26.C14H24.C13H22.C12H20.C12H22.C11H18.2C11H20.C10H18.C9H16/c1-13-6-11-14-7-2-4-9-15(14,12-13)10-5-3-8-14;1-11-6-7-14-9-12-4-2-3-5-13(12)10-15(14)8-11;1-11-6-7-13-9-8-12-4-2-3-5-14(12)15(13)10-11;1-10-5-4-8-13-12-7-3-2-6-11(12)9-14(10)13;1-9-5-6-11-8-7-10-3-2-4-12(9)13(10)11;1-8-6-9-7-12(8)11-5-3-2-4-10(9)11;1-11-6-5-9-12(10-11)7-3-2-4-8-12;1-7-5-8-6-11(7)10-4-2-3-9(8)10;1-9-5-6-10-3-2-4-11(7-9)8-10;1-10-5-8-11(9-10)6-3-2-4-7-11;1-9-4-7-10(8-9)5-2-3-6-10;1-8-3-6-9(7-8)4-2-5-9/h13H,2-12H2,1H3;2*11-15H,2-10H2,1H3;10-14H,2-9H2,1H3;9-13H,2-8H2,1H3;8-12H,2-7H2,1H3;11H,2-10H2,1H3;7-11H,2-6H2,1H3;9-11H,2-8H2,1H3;10H,2-9H2,1H3;9H,2-8H2,1H3;8H,2-7H2,1H3/t13-,14?,15?;2*11-,12?,13?,14?,15?;10-,11?,12?,13?,14?;9-,10?,11?,12?,13?;8-,9?,10?,11?,12?;11-;7-,8?,9?,10?,11?;9-,10?,11?;10-;9-;8-/m111111111111/s1. The number of rotatable bonds is 0. The van der Waals surface area contributed by atoms with Crippen LogP contribution in [-0.2, 0) is 0 Å². The zero-order valence-electron chi connectivity index (χ0n) is 102. The van der Waals surface area contributed by atoms with E-state index in [-0.39, 0.29) is 0 Å². The number of hydrogen-bond acceptors (Lipinski definition) is 0. The van der Waals surface area contributed by atoms with E-state index in [4.69, 9.17) is 0 Å². The molecule has 6 bridgehead atoms. The molecule has 0 nitrogen and oxygen atoms in total. The van der Waals surface area contributed by atoms with Crippen LogP contribution >= 0.6 is 0 Å². The van der Waals surface area contributed by atoms with Crippen LogP contribution in [0, 0.1) is 257 Å². The third kappa shape index (κ3) is 28.2. The summed E-state index contributed by atoms with van der Waals surface area (Å²) in [7, 11) is 0. The number of fused-ring (bicyclic) bond motifs is 20. The Balaban J connectivity index is 0.0000000982. The molecule has 0 saturated heterocycles. The first-order valence-electron chi connectivity index (χ1n) is 72.0. The van der Waals surface area contributed by atoms with E-state index in [2.05, 4.69) is 83.1 Å². The average Bonchev–Trinajstić information content (AvgIpc) is 1.06. The van der Waals surface area contributed by atoms with E-state index < -0.39 is 0 Å². The maximum absolute atomic E-state index is 2.52. The van der Waals surface area contributed by atoms with Gasteiger partial charge in [-0.25, -0.2) is 0 Å². The average molecular weight is 2040 g/mol. The molecule has 0 aliphatic heterocycles. The third-order valence-electron chi connectivity index (χ3n) is 56.8. The minimum absolute atomic E-state index is 0.821. The van der Waals surface area contributed by atoms with E-state index in [1.165, 1.54) is 241 Å². The lowest BCUT2D eigenvalue weighted by atomic mass is 9.44. The van der Waals surface area contributed by atoms with Gasteiger partial charge in [0.15, 0.2) is 0 Å². The maximum atomic E-state index is 2.52. The van der Waals surface area contributed by atoms with E-state index in [0.717, 1.165) is 222 Å². The topological polar surface area (TPSA) is 0 Å². The summed E-state index contributed by atoms with van der Waals surface area (Å²) in [5.41, 5.74) is 5.07. The van der Waals surface area contributed by atoms with Crippen molar-refractivity contribution in [2.45, 2.75) is 674 Å². The van der Waals surface area contributed by atoms with Gasteiger partial charge in [0.25, 0.3) is 0 Å². The van der Waals surface area contributed by atoms with Crippen LogP contribution < -0.4 is 0 Å². The largest absolute Gasteiger partial charge is 0.0625 e. The van der Waals surface area contributed by atoms with Crippen molar-refractivity contribution in [2.24, 2.45) is 257 Å². The van der Waals surface area contributed by atoms with Crippen molar-refractivity contribution in [3.63, 3.8) is 0 Å². The molecule has 31 aliphatic rings. The summed E-state index contributed by atoms with van der Waals surface area (Å²) in [6.45, 7) is 29.7. The molecule has 0 N–H and O–H groups in total. The molecular formula is C148H258. The minimum Gasteiger partial charge on any atom is -0.0625 e. The van der Waals surface area contributed by atoms with Crippen LogP contribution in [0.25, 0.3) is 0 Å². The van der Waals surface area contributed by atoms with Gasteiger partial charge in [0.1, 0.15) is 0 Å². The van der Waals surface area contributed by atoms with Crippen molar-refractivity contribution >= 4 is 0 Å². The van der Waals surface area contributed by atoms with Gasteiger partial charge in [-0.1, -0.05) is 366 Å². The Morgan fingerprint density at radius 1 is 0.122 bits per heavy atom. The molecule has 4 spiro atoms. The molecule has 0 aromatic carbocycles. The van der Waals surface area contributed by atoms with Crippen LogP contribution in [0.5, 0.6) is 0 Å². The molecule has 38 atom stereocenters. The highest BCUT2D eigenvalue weighted by Gasteiger charge is 2.59. The van der Waals surface area contributed by atoms with Crippen molar-refractivity contribution in [3.05, 3.63) is 0 Å². The Hall–Kier alpha value is 0. The molecule has 0 aromatic heterocycles. The van der Waals surface area contributed by atoms with Crippen molar-refractivity contribution < 1.29 is 0 Å². The maximum Gasteiger partial charge on any atom is -0.0238 e. The zero-order chi connectivity index (χ0) is 102. The Morgan fingerprint density at radius 2 is 0.459 bits per heavy atom. The van der Waals surface area contributed by atoms with Crippen LogP contribution in [0.4, 0.5) is 0 Å². The molecule has 0 heterocycles. The molecule has 31 saturated carbocycles. The zero-order valence-corrected chi connectivity index (χ0v) is 102. The summed E-state index contributed by atoms with van der Waals surface area (Å²) in [6, 6.07) is 0. The van der Waals surface area contributed by atoms with Gasteiger partial charge >= 0.3 is 0 Å². The van der Waals surface area contributed by atoms with Crippen molar-refractivity contribution in [1.29, 1.82) is 0 Å². The molecule has 31 aliphatic carbocycles. The van der Waals surface area contributed by atoms with Gasteiger partial charge in [-0.2, -0.15) is 0 Å². The quantitative estimate of drug-likeness (QED) is 0.227. The van der Waals surface area contributed by atoms with Crippen molar-refractivity contribution in [2.75, 3.05) is 0 Å². The lowest BCUT2D eigenvalue weighted by Crippen LogP contribution is -2.50. The fourth-order valence-electron chi connectivity index (χ4n) is 49.4. The Bertz CT molecular complexity index is 3760. The summed E-state index contributed by atoms with van der Waals surface area (Å²) >= 11 is 0. The van der Waals surface area contributed by atoms with Crippen LogP contribution in [0.2, 0.25) is 0 Å². The monoisotopic (exact) mass is 2040 g/mol. The van der Waals surface area contributed by atoms with Gasteiger partial charge in [-0.05, 0) is 566 Å². The fraction of sp³-hybridized carbons (Fsp3) is 1.00. The molecule has 850 valence electrons. The molecule has 148 heavy (non-hydrogen) atoms. The van der Waals surface area contributed by atoms with E-state index >= 15 is 0 Å². The van der Waals surface area contributed by atoms with E-state index in [1.54, 1.807) is 385 Å². The predicted molar refractivity (Wildman–Crippen MR) is 640 cm³/mol. The lowest BCUT2D eigenvalue weighted by molar-refractivity contribution is -0.105. The Morgan fingerprint density at radius 3 is 1.01 bits per heavy atom. The van der Waals surface area contributed by atoms with Gasteiger partial charge in [0, 0.05) is 0 Å². The SMILES string of the molecule is C[C@@H]1CC2CC1C1CCCC21.C[C@@H]1CC2CC1C1CCCCC21.C[C@@H]1CCC2(CCC2)C1.C[C@@H]1CCC2(CCCC2)C1.C[C@@H]1CCC2(CCCCC2)C1.C[C@@H]1CCC23CCCCC2(CCCC3)C1.C[C@@H]1CCC2CC3CCCCC3CC2C1.C[C@@H]1CCC2CCC3CCCC1C32.C[C@@H]1CCC2CCC3CCCCC3C2C1.C[C@@H]1CCC2CCCC(C2)C1.C[C@@H]1CCCC2(CCCCC2)C1.C[C@@H]1CCCC2C3CCCCC3CC21. The first-order chi connectivity index (χ1) is 72.0. The molecule has 26 unspecified atom stereocenters. The second kappa shape index (κ2) is 53.5. The molecule has 0 heteroatoms. The van der Waals surface area contributed by atoms with Crippen LogP contribution in [-0.4, -0.2) is 0 Å². The number of hydrogen-bond donors (Lipinski definition) is 0. The van der Waals surface area contributed by atoms with E-state index in [1.807, 2.05) is 0 Å². The summed E-state index contributed by atoms with van der Waals surface area (Å²) in [6.07, 6.45) is 143.